The Balaban J connectivity index is 3.03. The minimum Gasteiger partial charge on any atom is -0.492 e. The van der Waals surface area contributed by atoms with Crippen LogP contribution in [-0.2, 0) is 0 Å². The smallest absolute Gasteiger partial charge is 0.137 e. The van der Waals surface area contributed by atoms with Gasteiger partial charge in [-0.2, -0.15) is 5.26 Å². The van der Waals surface area contributed by atoms with Crippen LogP contribution in [0.15, 0.2) is 18.2 Å². The Bertz CT molecular complexity index is 370. The highest BCUT2D eigenvalue weighted by molar-refractivity contribution is 5.48. The topological polar surface area (TPSA) is 33.0 Å². The van der Waals surface area contributed by atoms with Gasteiger partial charge in [-0.3, -0.25) is 4.39 Å². The highest BCUT2D eigenvalue weighted by Gasteiger charge is 2.09. The summed E-state index contributed by atoms with van der Waals surface area (Å²) in [6, 6.07) is 7.16. The van der Waals surface area contributed by atoms with Gasteiger partial charge in [0.15, 0.2) is 0 Å². The Morgan fingerprint density at radius 1 is 1.53 bits per heavy atom. The second-order valence-electron chi connectivity index (χ2n) is 3.17. The summed E-state index contributed by atoms with van der Waals surface area (Å²) in [6.07, 6.45) is 0. The van der Waals surface area contributed by atoms with E-state index in [1.807, 2.05) is 13.0 Å². The fraction of sp³-hybridized carbons (Fsp3) is 0.333. The van der Waals surface area contributed by atoms with E-state index in [-0.39, 0.29) is 0 Å². The average Bonchev–Trinajstić information content (AvgIpc) is 2.29. The van der Waals surface area contributed by atoms with Crippen LogP contribution in [0.3, 0.4) is 0 Å². The molecule has 0 saturated heterocycles. The zero-order valence-corrected chi connectivity index (χ0v) is 8.88. The summed E-state index contributed by atoms with van der Waals surface area (Å²) in [7, 11) is 0. The maximum Gasteiger partial charge on any atom is 0.137 e. The number of benzene rings is 1. The summed E-state index contributed by atoms with van der Waals surface area (Å²) >= 11 is 0. The van der Waals surface area contributed by atoms with Gasteiger partial charge < -0.3 is 4.74 Å². The Morgan fingerprint density at radius 2 is 2.27 bits per heavy atom. The summed E-state index contributed by atoms with van der Waals surface area (Å²) in [5.74, 6) is 1.17. The molecule has 1 radical (unpaired) electrons. The molecule has 0 saturated carbocycles. The van der Waals surface area contributed by atoms with Crippen LogP contribution < -0.4 is 4.74 Å². The van der Waals surface area contributed by atoms with Gasteiger partial charge in [0.05, 0.1) is 18.8 Å². The van der Waals surface area contributed by atoms with E-state index in [4.69, 9.17) is 10.00 Å². The number of ether oxygens (including phenoxy) is 1. The monoisotopic (exact) mass is 206 g/mol. The fourth-order valence-electron chi connectivity index (χ4n) is 1.24. The van der Waals surface area contributed by atoms with Gasteiger partial charge in [0.2, 0.25) is 0 Å². The van der Waals surface area contributed by atoms with Crippen molar-refractivity contribution in [2.24, 2.45) is 0 Å². The lowest BCUT2D eigenvalue weighted by molar-refractivity contribution is 0.339. The van der Waals surface area contributed by atoms with Gasteiger partial charge in [0.1, 0.15) is 11.8 Å². The maximum absolute atomic E-state index is 12.4. The number of nitriles is 1. The Labute approximate surface area is 89.3 Å². The Morgan fingerprint density at radius 3 is 2.80 bits per heavy atom. The minimum absolute atomic E-state index is 0.446. The van der Waals surface area contributed by atoms with Crippen molar-refractivity contribution in [1.82, 2.24) is 0 Å². The fourth-order valence-corrected chi connectivity index (χ4v) is 1.24. The molecule has 0 amide bonds. The molecule has 0 N–H and O–H groups in total. The number of nitrogens with zero attached hydrogens (tertiary/aromatic N) is 1. The molecule has 3 heteroatoms. The molecule has 0 aliphatic heterocycles. The third-order valence-corrected chi connectivity index (χ3v) is 2.09. The van der Waals surface area contributed by atoms with E-state index in [1.165, 1.54) is 0 Å². The van der Waals surface area contributed by atoms with Crippen LogP contribution >= 0.6 is 0 Å². The second kappa shape index (κ2) is 5.35. The van der Waals surface area contributed by atoms with Crippen molar-refractivity contribution in [1.29, 1.82) is 5.26 Å². The van der Waals surface area contributed by atoms with Crippen LogP contribution in [0, 0.1) is 17.2 Å². The van der Waals surface area contributed by atoms with Crippen molar-refractivity contribution in [2.45, 2.75) is 13.8 Å². The molecule has 0 unspecified atom stereocenters. The first-order chi connectivity index (χ1) is 7.22. The van der Waals surface area contributed by atoms with Crippen molar-refractivity contribution in [3.05, 3.63) is 35.2 Å². The Kier molecular flexibility index (Phi) is 4.11. The molecule has 0 spiro atoms. The van der Waals surface area contributed by atoms with Crippen LogP contribution in [0.5, 0.6) is 5.75 Å². The lowest BCUT2D eigenvalue weighted by Crippen LogP contribution is -1.99. The summed E-state index contributed by atoms with van der Waals surface area (Å²) in [5, 5.41) is 8.89. The Hall–Kier alpha value is -1.56. The molecular weight excluding hydrogens is 193 g/mol. The van der Waals surface area contributed by atoms with Crippen LogP contribution in [0.1, 0.15) is 25.0 Å². The van der Waals surface area contributed by atoms with Crippen molar-refractivity contribution in [3.63, 3.8) is 0 Å². The minimum atomic E-state index is -0.501. The highest BCUT2D eigenvalue weighted by atomic mass is 19.1. The largest absolute Gasteiger partial charge is 0.492 e. The lowest BCUT2D eigenvalue weighted by Gasteiger charge is -2.10. The van der Waals surface area contributed by atoms with Crippen molar-refractivity contribution in [3.8, 4) is 11.8 Å². The number of halogens is 1. The third kappa shape index (κ3) is 2.69. The van der Waals surface area contributed by atoms with Crippen molar-refractivity contribution < 1.29 is 9.13 Å². The van der Waals surface area contributed by atoms with E-state index >= 15 is 0 Å². The molecule has 0 aliphatic carbocycles. The SMILES string of the molecule is CCOc1ccc([C](C)CF)cc1C#N. The first-order valence-corrected chi connectivity index (χ1v) is 4.78. The maximum atomic E-state index is 12.4. The molecule has 0 bridgehead atoms. The molecule has 79 valence electrons. The summed E-state index contributed by atoms with van der Waals surface area (Å²) in [4.78, 5) is 0. The number of hydrogen-bond donors (Lipinski definition) is 0. The van der Waals surface area contributed by atoms with Gasteiger partial charge in [0, 0.05) is 5.92 Å². The summed E-state index contributed by atoms with van der Waals surface area (Å²) < 4.78 is 17.7. The van der Waals surface area contributed by atoms with Gasteiger partial charge in [-0.1, -0.05) is 13.0 Å². The van der Waals surface area contributed by atoms with E-state index in [1.54, 1.807) is 25.1 Å². The normalized spacial score (nSPS) is 10.1. The van der Waals surface area contributed by atoms with Crippen LogP contribution in [-0.4, -0.2) is 13.3 Å². The number of alkyl halides is 1. The summed E-state index contributed by atoms with van der Waals surface area (Å²) in [6.45, 7) is 3.57. The van der Waals surface area contributed by atoms with Gasteiger partial charge in [0.25, 0.3) is 0 Å². The van der Waals surface area contributed by atoms with Gasteiger partial charge >= 0.3 is 0 Å². The molecule has 0 atom stereocenters. The third-order valence-electron chi connectivity index (χ3n) is 2.09. The molecule has 0 heterocycles. The predicted molar refractivity (Wildman–Crippen MR) is 56.3 cm³/mol. The van der Waals surface area contributed by atoms with E-state index in [0.29, 0.717) is 23.8 Å². The molecule has 0 aliphatic rings. The molecular formula is C12H13FNO. The van der Waals surface area contributed by atoms with E-state index in [9.17, 15) is 4.39 Å². The molecule has 1 aromatic carbocycles. The van der Waals surface area contributed by atoms with Crippen LogP contribution in [0.4, 0.5) is 4.39 Å². The lowest BCUT2D eigenvalue weighted by atomic mass is 10.00. The zero-order valence-electron chi connectivity index (χ0n) is 8.88. The highest BCUT2D eigenvalue weighted by Crippen LogP contribution is 2.23. The molecule has 1 rings (SSSR count). The zero-order chi connectivity index (χ0) is 11.3. The molecule has 1 aromatic rings. The van der Waals surface area contributed by atoms with Gasteiger partial charge in [-0.05, 0) is 24.6 Å². The van der Waals surface area contributed by atoms with Crippen LogP contribution in [0.25, 0.3) is 0 Å². The van der Waals surface area contributed by atoms with E-state index < -0.39 is 6.67 Å². The average molecular weight is 206 g/mol. The standard InChI is InChI=1S/C12H13FNO/c1-3-15-12-5-4-10(9(2)7-13)6-11(12)8-14/h4-6H,3,7H2,1-2H3. The molecule has 0 fully saturated rings. The van der Waals surface area contributed by atoms with Crippen molar-refractivity contribution >= 4 is 0 Å². The first kappa shape index (κ1) is 11.5. The van der Waals surface area contributed by atoms with Gasteiger partial charge in [-0.25, -0.2) is 0 Å². The second-order valence-corrected chi connectivity index (χ2v) is 3.17. The molecule has 0 aromatic heterocycles. The molecule has 15 heavy (non-hydrogen) atoms. The van der Waals surface area contributed by atoms with E-state index in [0.717, 1.165) is 5.56 Å². The first-order valence-electron chi connectivity index (χ1n) is 4.78. The van der Waals surface area contributed by atoms with E-state index in [2.05, 4.69) is 0 Å². The molecule has 2 nitrogen and oxygen atoms in total. The predicted octanol–water partition coefficient (Wildman–Crippen LogP) is 2.87. The van der Waals surface area contributed by atoms with Crippen molar-refractivity contribution in [2.75, 3.05) is 13.3 Å². The number of rotatable bonds is 4. The van der Waals surface area contributed by atoms with Crippen LogP contribution in [0.2, 0.25) is 0 Å². The quantitative estimate of drug-likeness (QED) is 0.758. The summed E-state index contributed by atoms with van der Waals surface area (Å²) in [5.41, 5.74) is 1.19. The number of hydrogen-bond acceptors (Lipinski definition) is 2. The van der Waals surface area contributed by atoms with Gasteiger partial charge in [-0.15, -0.1) is 0 Å².